The first-order chi connectivity index (χ1) is 9.16. The lowest BCUT2D eigenvalue weighted by molar-refractivity contribution is -0.333. The van der Waals surface area contributed by atoms with E-state index in [0.29, 0.717) is 11.8 Å². The third kappa shape index (κ3) is 0.934. The Bertz CT molecular complexity index is 469. The maximum Gasteiger partial charge on any atom is 0.311 e. The van der Waals surface area contributed by atoms with Gasteiger partial charge in [-0.05, 0) is 43.9 Å². The summed E-state index contributed by atoms with van der Waals surface area (Å²) in [5.41, 5.74) is -0.0978. The van der Waals surface area contributed by atoms with Gasteiger partial charge in [-0.1, -0.05) is 0 Å². The molecule has 6 fully saturated rings. The fraction of sp³-hybridized carbons (Fsp3) is 0.933. The standard InChI is InChI=1S/C15H20O4/c1-17-12(16)13-5-9-6-14(8-13)11(9)4-10(7-13)15(14)18-2-3-19-15/h9-11H,2-8H2,1H3/t9?,10?,11-,13?,14?/m1/s1. The highest BCUT2D eigenvalue weighted by Crippen LogP contribution is 2.82. The van der Waals surface area contributed by atoms with Gasteiger partial charge in [-0.15, -0.1) is 0 Å². The Morgan fingerprint density at radius 3 is 2.74 bits per heavy atom. The molecule has 4 unspecified atom stereocenters. The zero-order valence-electron chi connectivity index (χ0n) is 11.3. The van der Waals surface area contributed by atoms with Crippen molar-refractivity contribution in [3.8, 4) is 0 Å². The monoisotopic (exact) mass is 264 g/mol. The number of hydrogen-bond donors (Lipinski definition) is 0. The van der Waals surface area contributed by atoms with Crippen molar-refractivity contribution in [3.63, 3.8) is 0 Å². The van der Waals surface area contributed by atoms with Gasteiger partial charge in [-0.3, -0.25) is 4.79 Å². The quantitative estimate of drug-likeness (QED) is 0.677. The van der Waals surface area contributed by atoms with Crippen LogP contribution in [0.1, 0.15) is 32.1 Å². The summed E-state index contributed by atoms with van der Waals surface area (Å²) in [4.78, 5) is 12.3. The Labute approximate surface area is 112 Å². The molecule has 1 heterocycles. The zero-order valence-corrected chi connectivity index (χ0v) is 11.3. The summed E-state index contributed by atoms with van der Waals surface area (Å²) in [5, 5.41) is 0. The molecule has 0 aromatic heterocycles. The molecule has 104 valence electrons. The largest absolute Gasteiger partial charge is 0.469 e. The van der Waals surface area contributed by atoms with E-state index in [9.17, 15) is 4.79 Å². The number of ether oxygens (including phenoxy) is 3. The minimum absolute atomic E-state index is 0.0137. The van der Waals surface area contributed by atoms with Crippen LogP contribution in [0.2, 0.25) is 0 Å². The van der Waals surface area contributed by atoms with Crippen molar-refractivity contribution in [2.24, 2.45) is 28.6 Å². The predicted molar refractivity (Wildman–Crippen MR) is 65.1 cm³/mol. The Morgan fingerprint density at radius 1 is 1.21 bits per heavy atom. The second-order valence-corrected chi connectivity index (χ2v) is 7.38. The van der Waals surface area contributed by atoms with Gasteiger partial charge in [-0.2, -0.15) is 0 Å². The van der Waals surface area contributed by atoms with E-state index in [1.165, 1.54) is 20.0 Å². The minimum atomic E-state index is -0.341. The van der Waals surface area contributed by atoms with E-state index < -0.39 is 0 Å². The Morgan fingerprint density at radius 2 is 2.00 bits per heavy atom. The van der Waals surface area contributed by atoms with Crippen molar-refractivity contribution in [2.45, 2.75) is 37.9 Å². The van der Waals surface area contributed by atoms with Crippen molar-refractivity contribution in [1.82, 2.24) is 0 Å². The first-order valence-corrected chi connectivity index (χ1v) is 7.52. The van der Waals surface area contributed by atoms with E-state index in [1.807, 2.05) is 0 Å². The Hall–Kier alpha value is -0.610. The van der Waals surface area contributed by atoms with Gasteiger partial charge < -0.3 is 14.2 Å². The molecule has 1 saturated heterocycles. The molecule has 0 aromatic carbocycles. The number of esters is 1. The van der Waals surface area contributed by atoms with Crippen LogP contribution in [-0.2, 0) is 19.0 Å². The van der Waals surface area contributed by atoms with Crippen LogP contribution in [0.3, 0.4) is 0 Å². The third-order valence-electron chi connectivity index (χ3n) is 6.95. The topological polar surface area (TPSA) is 44.8 Å². The van der Waals surface area contributed by atoms with Crippen molar-refractivity contribution >= 4 is 5.97 Å². The van der Waals surface area contributed by atoms with Crippen molar-refractivity contribution in [2.75, 3.05) is 20.3 Å². The summed E-state index contributed by atoms with van der Waals surface area (Å²) in [5.74, 6) is 1.51. The zero-order chi connectivity index (χ0) is 12.9. The summed E-state index contributed by atoms with van der Waals surface area (Å²) in [6.45, 7) is 1.45. The summed E-state index contributed by atoms with van der Waals surface area (Å²) in [6.07, 6.45) is 5.29. The number of methoxy groups -OCH3 is 1. The van der Waals surface area contributed by atoms with Crippen LogP contribution < -0.4 is 0 Å². The molecule has 5 aliphatic carbocycles. The summed E-state index contributed by atoms with van der Waals surface area (Å²) in [7, 11) is 1.53. The lowest BCUT2D eigenvalue weighted by atomic mass is 9.39. The molecule has 0 amide bonds. The number of carbonyl (C=O) groups is 1. The molecule has 5 atom stereocenters. The van der Waals surface area contributed by atoms with E-state index >= 15 is 0 Å². The van der Waals surface area contributed by atoms with E-state index in [4.69, 9.17) is 14.2 Å². The second kappa shape index (κ2) is 3.01. The van der Waals surface area contributed by atoms with Crippen LogP contribution >= 0.6 is 0 Å². The average molecular weight is 264 g/mol. The first kappa shape index (κ1) is 11.1. The van der Waals surface area contributed by atoms with E-state index in [1.54, 1.807) is 0 Å². The van der Waals surface area contributed by atoms with Gasteiger partial charge in [0, 0.05) is 11.3 Å². The van der Waals surface area contributed by atoms with Crippen LogP contribution in [0.15, 0.2) is 0 Å². The maximum atomic E-state index is 12.3. The summed E-state index contributed by atoms with van der Waals surface area (Å²) >= 11 is 0. The SMILES string of the molecule is COC(=O)C12CC3CC4(C1)[C@@H]3CC(C2)C41OCCO1. The van der Waals surface area contributed by atoms with Crippen LogP contribution in [0.25, 0.3) is 0 Å². The van der Waals surface area contributed by atoms with Crippen LogP contribution in [0, 0.1) is 28.6 Å². The van der Waals surface area contributed by atoms with Gasteiger partial charge in [-0.25, -0.2) is 0 Å². The molecule has 0 radical (unpaired) electrons. The molecule has 0 N–H and O–H groups in total. The van der Waals surface area contributed by atoms with Gasteiger partial charge in [0.25, 0.3) is 0 Å². The molecular formula is C15H20O4. The number of carbonyl (C=O) groups excluding carboxylic acids is 1. The van der Waals surface area contributed by atoms with Gasteiger partial charge in [0.05, 0.1) is 25.7 Å². The molecule has 4 heteroatoms. The second-order valence-electron chi connectivity index (χ2n) is 7.38. The smallest absolute Gasteiger partial charge is 0.311 e. The predicted octanol–water partition coefficient (Wildman–Crippen LogP) is 1.73. The average Bonchev–Trinajstić information content (AvgIpc) is 2.91. The molecular weight excluding hydrogens is 244 g/mol. The molecule has 19 heavy (non-hydrogen) atoms. The minimum Gasteiger partial charge on any atom is -0.469 e. The molecule has 4 nitrogen and oxygen atoms in total. The van der Waals surface area contributed by atoms with Crippen LogP contribution in [-0.4, -0.2) is 32.1 Å². The van der Waals surface area contributed by atoms with E-state index in [2.05, 4.69) is 0 Å². The number of rotatable bonds is 1. The van der Waals surface area contributed by atoms with Crippen molar-refractivity contribution in [1.29, 1.82) is 0 Å². The Balaban J connectivity index is 1.63. The summed E-state index contributed by atoms with van der Waals surface area (Å²) < 4.78 is 17.4. The lowest BCUT2D eigenvalue weighted by Crippen LogP contribution is -2.69. The summed E-state index contributed by atoms with van der Waals surface area (Å²) in [6, 6.07) is 0. The van der Waals surface area contributed by atoms with Gasteiger partial charge in [0.2, 0.25) is 0 Å². The molecule has 5 saturated carbocycles. The molecule has 2 spiro atoms. The lowest BCUT2D eigenvalue weighted by Gasteiger charge is -2.67. The van der Waals surface area contributed by atoms with Crippen molar-refractivity contribution < 1.29 is 19.0 Å². The molecule has 6 rings (SSSR count). The molecule has 1 aliphatic heterocycles. The normalized spacial score (nSPS) is 55.3. The van der Waals surface area contributed by atoms with Crippen LogP contribution in [0.4, 0.5) is 0 Å². The van der Waals surface area contributed by atoms with Crippen LogP contribution in [0.5, 0.6) is 0 Å². The molecule has 6 aliphatic rings. The van der Waals surface area contributed by atoms with Crippen molar-refractivity contribution in [3.05, 3.63) is 0 Å². The maximum absolute atomic E-state index is 12.3. The molecule has 4 bridgehead atoms. The third-order valence-corrected chi connectivity index (χ3v) is 6.95. The Kier molecular flexibility index (Phi) is 1.76. The highest BCUT2D eigenvalue weighted by molar-refractivity contribution is 5.78. The fourth-order valence-corrected chi connectivity index (χ4v) is 6.71. The fourth-order valence-electron chi connectivity index (χ4n) is 6.71. The highest BCUT2D eigenvalue weighted by Gasteiger charge is 2.83. The highest BCUT2D eigenvalue weighted by atomic mass is 16.7. The first-order valence-electron chi connectivity index (χ1n) is 7.52. The van der Waals surface area contributed by atoms with E-state index in [0.717, 1.165) is 38.4 Å². The van der Waals surface area contributed by atoms with E-state index in [-0.39, 0.29) is 22.6 Å². The van der Waals surface area contributed by atoms with Gasteiger partial charge in [0.15, 0.2) is 5.79 Å². The van der Waals surface area contributed by atoms with Gasteiger partial charge >= 0.3 is 5.97 Å². The van der Waals surface area contributed by atoms with Gasteiger partial charge in [0.1, 0.15) is 0 Å². The number of hydrogen-bond acceptors (Lipinski definition) is 4. The molecule has 0 aromatic rings.